The Kier molecular flexibility index (Phi) is 4.23. The van der Waals surface area contributed by atoms with Crippen molar-refractivity contribution in [1.29, 1.82) is 0 Å². The van der Waals surface area contributed by atoms with Gasteiger partial charge in [0, 0.05) is 12.3 Å². The number of carbonyl (C=O) groups excluding carboxylic acids is 1. The topological polar surface area (TPSA) is 44.8 Å². The van der Waals surface area contributed by atoms with Gasteiger partial charge in [-0.3, -0.25) is 0 Å². The summed E-state index contributed by atoms with van der Waals surface area (Å²) in [5, 5.41) is 0. The van der Waals surface area contributed by atoms with Crippen molar-refractivity contribution in [3.63, 3.8) is 0 Å². The van der Waals surface area contributed by atoms with Gasteiger partial charge in [-0.25, -0.2) is 4.79 Å². The molecule has 7 heteroatoms. The first-order chi connectivity index (χ1) is 7.87. The number of halogens is 3. The Morgan fingerprint density at radius 1 is 1.53 bits per heavy atom. The van der Waals surface area contributed by atoms with E-state index >= 15 is 0 Å². The molecule has 1 aliphatic rings. The molecular weight excluding hydrogens is 241 g/mol. The van der Waals surface area contributed by atoms with E-state index < -0.39 is 24.7 Å². The van der Waals surface area contributed by atoms with Gasteiger partial charge in [0.25, 0.3) is 5.79 Å². The molecule has 1 aliphatic heterocycles. The van der Waals surface area contributed by atoms with Crippen LogP contribution in [0.25, 0.3) is 0 Å². The van der Waals surface area contributed by atoms with Crippen LogP contribution in [0.1, 0.15) is 19.8 Å². The lowest BCUT2D eigenvalue weighted by Gasteiger charge is -2.23. The number of hydrogen-bond donors (Lipinski definition) is 0. The van der Waals surface area contributed by atoms with Crippen molar-refractivity contribution >= 4 is 6.16 Å². The smallest absolute Gasteiger partial charge is 0.427 e. The van der Waals surface area contributed by atoms with Crippen molar-refractivity contribution in [2.75, 3.05) is 13.2 Å². The fourth-order valence-corrected chi connectivity index (χ4v) is 1.33. The van der Waals surface area contributed by atoms with Crippen LogP contribution in [0.15, 0.2) is 0 Å². The molecule has 1 unspecified atom stereocenters. The third-order valence-electron chi connectivity index (χ3n) is 1.95. The summed E-state index contributed by atoms with van der Waals surface area (Å²) in [7, 11) is 0. The second-order valence-electron chi connectivity index (χ2n) is 3.39. The highest BCUT2D eigenvalue weighted by atomic mass is 19.4. The van der Waals surface area contributed by atoms with E-state index in [-0.39, 0.29) is 6.61 Å². The van der Waals surface area contributed by atoms with Gasteiger partial charge in [0.2, 0.25) is 0 Å². The minimum absolute atomic E-state index is 0.132. The van der Waals surface area contributed by atoms with Crippen molar-refractivity contribution in [2.24, 2.45) is 0 Å². The molecule has 1 fully saturated rings. The number of rotatable bonds is 4. The molecule has 1 atom stereocenters. The zero-order chi connectivity index (χ0) is 12.9. The van der Waals surface area contributed by atoms with Crippen molar-refractivity contribution in [1.82, 2.24) is 0 Å². The van der Waals surface area contributed by atoms with Crippen LogP contribution in [0, 0.1) is 11.8 Å². The molecule has 17 heavy (non-hydrogen) atoms. The highest BCUT2D eigenvalue weighted by Gasteiger charge is 2.42. The van der Waals surface area contributed by atoms with Gasteiger partial charge in [0.1, 0.15) is 6.61 Å². The summed E-state index contributed by atoms with van der Waals surface area (Å²) in [5.74, 6) is 1.57. The van der Waals surface area contributed by atoms with Crippen molar-refractivity contribution in [2.45, 2.75) is 31.7 Å². The predicted molar refractivity (Wildman–Crippen MR) is 49.9 cm³/mol. The SMILES string of the molecule is CCCC1(OCC#CC(F)(F)F)COC(=O)O1. The Morgan fingerprint density at radius 2 is 2.24 bits per heavy atom. The second kappa shape index (κ2) is 5.27. The summed E-state index contributed by atoms with van der Waals surface area (Å²) in [6, 6.07) is 0. The zero-order valence-corrected chi connectivity index (χ0v) is 9.10. The molecule has 4 nitrogen and oxygen atoms in total. The summed E-state index contributed by atoms with van der Waals surface area (Å²) in [5.41, 5.74) is 0. The second-order valence-corrected chi connectivity index (χ2v) is 3.39. The molecule has 0 aromatic heterocycles. The fourth-order valence-electron chi connectivity index (χ4n) is 1.33. The lowest BCUT2D eigenvalue weighted by molar-refractivity contribution is -0.175. The Hall–Kier alpha value is -1.42. The summed E-state index contributed by atoms with van der Waals surface area (Å²) in [6.07, 6.45) is -4.47. The first kappa shape index (κ1) is 13.6. The molecule has 0 aliphatic carbocycles. The van der Waals surface area contributed by atoms with Crippen LogP contribution < -0.4 is 0 Å². The number of ether oxygens (including phenoxy) is 3. The maximum Gasteiger partial charge on any atom is 0.511 e. The molecule has 0 aromatic rings. The van der Waals surface area contributed by atoms with Gasteiger partial charge in [0.05, 0.1) is 0 Å². The van der Waals surface area contributed by atoms with Gasteiger partial charge < -0.3 is 14.2 Å². The quantitative estimate of drug-likeness (QED) is 0.568. The van der Waals surface area contributed by atoms with E-state index in [0.29, 0.717) is 12.8 Å². The Labute approximate surface area is 96.0 Å². The molecule has 0 aromatic carbocycles. The summed E-state index contributed by atoms with van der Waals surface area (Å²) < 4.78 is 49.6. The normalized spacial score (nSPS) is 23.6. The molecule has 96 valence electrons. The third-order valence-corrected chi connectivity index (χ3v) is 1.95. The Balaban J connectivity index is 2.51. The fraction of sp³-hybridized carbons (Fsp3) is 0.700. The van der Waals surface area contributed by atoms with E-state index in [1.165, 1.54) is 0 Å². The number of cyclic esters (lactones) is 2. The van der Waals surface area contributed by atoms with Gasteiger partial charge in [-0.2, -0.15) is 13.2 Å². The molecule has 1 saturated heterocycles. The average molecular weight is 252 g/mol. The van der Waals surface area contributed by atoms with Gasteiger partial charge >= 0.3 is 12.3 Å². The van der Waals surface area contributed by atoms with E-state index in [1.54, 1.807) is 5.92 Å². The average Bonchev–Trinajstić information content (AvgIpc) is 2.55. The summed E-state index contributed by atoms with van der Waals surface area (Å²) in [4.78, 5) is 10.8. The molecule has 1 rings (SSSR count). The monoisotopic (exact) mass is 252 g/mol. The molecule has 0 spiro atoms. The largest absolute Gasteiger partial charge is 0.511 e. The van der Waals surface area contributed by atoms with Crippen LogP contribution in [-0.4, -0.2) is 31.3 Å². The molecule has 0 N–H and O–H groups in total. The summed E-state index contributed by atoms with van der Waals surface area (Å²) in [6.45, 7) is 1.21. The van der Waals surface area contributed by atoms with E-state index in [9.17, 15) is 18.0 Å². The van der Waals surface area contributed by atoms with Crippen LogP contribution in [0.5, 0.6) is 0 Å². The molecule has 0 radical (unpaired) electrons. The molecule has 0 bridgehead atoms. The standard InChI is InChI=1S/C10H11F3O4/c1-2-4-9(7-15-8(14)17-9)16-6-3-5-10(11,12)13/h2,4,6-7H2,1H3. The zero-order valence-electron chi connectivity index (χ0n) is 9.10. The van der Waals surface area contributed by atoms with Crippen LogP contribution >= 0.6 is 0 Å². The van der Waals surface area contributed by atoms with Gasteiger partial charge in [0.15, 0.2) is 6.61 Å². The molecule has 0 saturated carbocycles. The predicted octanol–water partition coefficient (Wildman–Crippen LogP) is 2.23. The van der Waals surface area contributed by atoms with Crippen molar-refractivity contribution < 1.29 is 32.2 Å². The van der Waals surface area contributed by atoms with E-state index in [1.807, 2.05) is 6.92 Å². The van der Waals surface area contributed by atoms with E-state index in [0.717, 1.165) is 5.92 Å². The van der Waals surface area contributed by atoms with Crippen LogP contribution in [-0.2, 0) is 14.2 Å². The van der Waals surface area contributed by atoms with Gasteiger partial charge in [-0.05, 0) is 6.42 Å². The number of alkyl halides is 3. The van der Waals surface area contributed by atoms with E-state index in [4.69, 9.17) is 9.47 Å². The minimum atomic E-state index is -4.55. The maximum atomic E-state index is 11.7. The van der Waals surface area contributed by atoms with Crippen LogP contribution in [0.2, 0.25) is 0 Å². The Morgan fingerprint density at radius 3 is 2.71 bits per heavy atom. The van der Waals surface area contributed by atoms with Crippen molar-refractivity contribution in [3.8, 4) is 11.8 Å². The highest BCUT2D eigenvalue weighted by Crippen LogP contribution is 2.26. The van der Waals surface area contributed by atoms with Crippen LogP contribution in [0.4, 0.5) is 18.0 Å². The maximum absolute atomic E-state index is 11.7. The lowest BCUT2D eigenvalue weighted by Crippen LogP contribution is -2.35. The van der Waals surface area contributed by atoms with Crippen LogP contribution in [0.3, 0.4) is 0 Å². The van der Waals surface area contributed by atoms with E-state index in [2.05, 4.69) is 4.74 Å². The third kappa shape index (κ3) is 4.53. The Bertz CT molecular complexity index is 342. The lowest BCUT2D eigenvalue weighted by atomic mass is 10.1. The molecular formula is C10H11F3O4. The number of hydrogen-bond acceptors (Lipinski definition) is 4. The highest BCUT2D eigenvalue weighted by molar-refractivity contribution is 5.62. The number of carbonyl (C=O) groups is 1. The van der Waals surface area contributed by atoms with Gasteiger partial charge in [-0.15, -0.1) is 0 Å². The van der Waals surface area contributed by atoms with Crippen molar-refractivity contribution in [3.05, 3.63) is 0 Å². The molecule has 0 amide bonds. The first-order valence-electron chi connectivity index (χ1n) is 4.93. The van der Waals surface area contributed by atoms with Gasteiger partial charge in [-0.1, -0.05) is 12.8 Å². The first-order valence-corrected chi connectivity index (χ1v) is 4.93. The minimum Gasteiger partial charge on any atom is -0.427 e. The molecule has 1 heterocycles. The summed E-state index contributed by atoms with van der Waals surface area (Å²) >= 11 is 0.